The summed E-state index contributed by atoms with van der Waals surface area (Å²) in [7, 11) is 2.04. The van der Waals surface area contributed by atoms with Gasteiger partial charge in [0.2, 0.25) is 0 Å². The Morgan fingerprint density at radius 2 is 2.25 bits per heavy atom. The zero-order valence-electron chi connectivity index (χ0n) is 10.4. The molecule has 0 saturated heterocycles. The van der Waals surface area contributed by atoms with Gasteiger partial charge in [-0.2, -0.15) is 0 Å². The summed E-state index contributed by atoms with van der Waals surface area (Å²) in [6.07, 6.45) is 1.50. The molecule has 0 amide bonds. The lowest BCUT2D eigenvalue weighted by Crippen LogP contribution is -2.24. The zero-order valence-corrected chi connectivity index (χ0v) is 11.3. The van der Waals surface area contributed by atoms with Crippen LogP contribution in [0.1, 0.15) is 43.9 Å². The van der Waals surface area contributed by atoms with Crippen molar-refractivity contribution in [2.45, 2.75) is 39.7 Å². The molecule has 0 aliphatic heterocycles. The van der Waals surface area contributed by atoms with E-state index in [0.717, 1.165) is 35.1 Å². The van der Waals surface area contributed by atoms with Gasteiger partial charge < -0.3 is 10.0 Å². The van der Waals surface area contributed by atoms with Crippen LogP contribution in [0.4, 0.5) is 5.13 Å². The molecule has 1 aliphatic rings. The number of hydrogen-bond donors (Lipinski definition) is 1. The van der Waals surface area contributed by atoms with E-state index in [0.29, 0.717) is 0 Å². The Labute approximate surface area is 101 Å². The number of aliphatic hydroxyl groups excluding tert-OH is 1. The van der Waals surface area contributed by atoms with Crippen molar-refractivity contribution in [3.63, 3.8) is 0 Å². The molecule has 1 aliphatic carbocycles. The van der Waals surface area contributed by atoms with E-state index in [1.165, 1.54) is 0 Å². The molecule has 1 atom stereocenters. The molecule has 1 aromatic rings. The molecular weight excluding hydrogens is 220 g/mol. The van der Waals surface area contributed by atoms with Gasteiger partial charge in [-0.3, -0.25) is 0 Å². The Hall–Kier alpha value is -0.610. The molecule has 0 radical (unpaired) electrons. The third kappa shape index (κ3) is 2.09. The van der Waals surface area contributed by atoms with Gasteiger partial charge in [-0.25, -0.2) is 4.98 Å². The van der Waals surface area contributed by atoms with Gasteiger partial charge in [0.05, 0.1) is 16.7 Å². The van der Waals surface area contributed by atoms with Crippen LogP contribution in [0.25, 0.3) is 0 Å². The highest BCUT2D eigenvalue weighted by atomic mass is 32.1. The summed E-state index contributed by atoms with van der Waals surface area (Å²) in [4.78, 5) is 7.86. The third-order valence-electron chi connectivity index (χ3n) is 3.21. The van der Waals surface area contributed by atoms with Crippen LogP contribution >= 0.6 is 11.3 Å². The fourth-order valence-electron chi connectivity index (χ4n) is 2.18. The lowest BCUT2D eigenvalue weighted by molar-refractivity contribution is 0.102. The van der Waals surface area contributed by atoms with Crippen LogP contribution in [0, 0.1) is 5.41 Å². The number of hydrogen-bond acceptors (Lipinski definition) is 4. The van der Waals surface area contributed by atoms with Crippen molar-refractivity contribution in [1.29, 1.82) is 0 Å². The summed E-state index contributed by atoms with van der Waals surface area (Å²) >= 11 is 1.64. The van der Waals surface area contributed by atoms with Crippen molar-refractivity contribution in [3.8, 4) is 0 Å². The fraction of sp³-hybridized carbons (Fsp3) is 0.750. The Morgan fingerprint density at radius 3 is 2.88 bits per heavy atom. The van der Waals surface area contributed by atoms with E-state index in [9.17, 15) is 5.11 Å². The largest absolute Gasteiger partial charge is 0.387 e. The van der Waals surface area contributed by atoms with Gasteiger partial charge >= 0.3 is 0 Å². The second kappa shape index (κ2) is 4.00. The van der Waals surface area contributed by atoms with E-state index in [-0.39, 0.29) is 11.5 Å². The second-order valence-corrected chi connectivity index (χ2v) is 6.39. The van der Waals surface area contributed by atoms with E-state index in [1.54, 1.807) is 11.3 Å². The smallest absolute Gasteiger partial charge is 0.185 e. The van der Waals surface area contributed by atoms with E-state index in [1.807, 2.05) is 7.05 Å². The van der Waals surface area contributed by atoms with Gasteiger partial charge in [0, 0.05) is 13.6 Å². The molecular formula is C12H20N2OS. The average Bonchev–Trinajstić information content (AvgIpc) is 2.58. The minimum absolute atomic E-state index is 0.169. The molecule has 1 aromatic heterocycles. The first-order chi connectivity index (χ1) is 7.43. The molecule has 90 valence electrons. The Kier molecular flexibility index (Phi) is 2.97. The van der Waals surface area contributed by atoms with E-state index >= 15 is 0 Å². The SMILES string of the molecule is CCN(C)c1nc2c(s1)C(O)CC(C)(C)C2. The Bertz CT molecular complexity index is 386. The van der Waals surface area contributed by atoms with Crippen LogP contribution < -0.4 is 4.90 Å². The van der Waals surface area contributed by atoms with Gasteiger partial charge in [-0.15, -0.1) is 0 Å². The van der Waals surface area contributed by atoms with Crippen LogP contribution in [-0.2, 0) is 6.42 Å². The summed E-state index contributed by atoms with van der Waals surface area (Å²) in [5.41, 5.74) is 1.27. The number of rotatable bonds is 2. The van der Waals surface area contributed by atoms with Crippen LogP contribution in [0.3, 0.4) is 0 Å². The molecule has 1 unspecified atom stereocenters. The van der Waals surface area contributed by atoms with E-state index in [2.05, 4.69) is 30.7 Å². The van der Waals surface area contributed by atoms with Crippen molar-refractivity contribution in [3.05, 3.63) is 10.6 Å². The molecule has 0 spiro atoms. The highest BCUT2D eigenvalue weighted by molar-refractivity contribution is 7.15. The van der Waals surface area contributed by atoms with Crippen LogP contribution in [0.5, 0.6) is 0 Å². The highest BCUT2D eigenvalue weighted by Crippen LogP contribution is 2.44. The number of fused-ring (bicyclic) bond motifs is 1. The predicted octanol–water partition coefficient (Wildman–Crippen LogP) is 2.61. The normalized spacial score (nSPS) is 22.9. The van der Waals surface area contributed by atoms with Crippen molar-refractivity contribution >= 4 is 16.5 Å². The number of thiazole rings is 1. The van der Waals surface area contributed by atoms with Crippen molar-refractivity contribution in [2.24, 2.45) is 5.41 Å². The molecule has 0 bridgehead atoms. The molecule has 2 rings (SSSR count). The maximum absolute atomic E-state index is 10.1. The highest BCUT2D eigenvalue weighted by Gasteiger charge is 2.34. The van der Waals surface area contributed by atoms with Crippen LogP contribution in [0.2, 0.25) is 0 Å². The monoisotopic (exact) mass is 240 g/mol. The Morgan fingerprint density at radius 1 is 1.56 bits per heavy atom. The molecule has 1 N–H and O–H groups in total. The van der Waals surface area contributed by atoms with E-state index < -0.39 is 0 Å². The maximum atomic E-state index is 10.1. The summed E-state index contributed by atoms with van der Waals surface area (Å²) < 4.78 is 0. The van der Waals surface area contributed by atoms with Crippen LogP contribution in [-0.4, -0.2) is 23.7 Å². The lowest BCUT2D eigenvalue weighted by Gasteiger charge is -2.31. The molecule has 0 fully saturated rings. The predicted molar refractivity (Wildman–Crippen MR) is 68.1 cm³/mol. The van der Waals surface area contributed by atoms with Gasteiger partial charge in [0.15, 0.2) is 5.13 Å². The molecule has 0 aromatic carbocycles. The van der Waals surface area contributed by atoms with Crippen molar-refractivity contribution in [2.75, 3.05) is 18.5 Å². The number of aromatic nitrogens is 1. The Balaban J connectivity index is 2.34. The lowest BCUT2D eigenvalue weighted by atomic mass is 9.77. The molecule has 1 heterocycles. The van der Waals surface area contributed by atoms with Gasteiger partial charge in [0.25, 0.3) is 0 Å². The third-order valence-corrected chi connectivity index (χ3v) is 4.52. The number of nitrogens with zero attached hydrogens (tertiary/aromatic N) is 2. The summed E-state index contributed by atoms with van der Waals surface area (Å²) in [5.74, 6) is 0. The van der Waals surface area contributed by atoms with Gasteiger partial charge in [-0.1, -0.05) is 25.2 Å². The minimum Gasteiger partial charge on any atom is -0.387 e. The molecule has 4 heteroatoms. The van der Waals surface area contributed by atoms with E-state index in [4.69, 9.17) is 0 Å². The maximum Gasteiger partial charge on any atom is 0.185 e. The van der Waals surface area contributed by atoms with Gasteiger partial charge in [-0.05, 0) is 25.2 Å². The van der Waals surface area contributed by atoms with Crippen molar-refractivity contribution in [1.82, 2.24) is 4.98 Å². The first-order valence-corrected chi connectivity index (χ1v) is 6.63. The first-order valence-electron chi connectivity index (χ1n) is 5.82. The van der Waals surface area contributed by atoms with Gasteiger partial charge in [0.1, 0.15) is 0 Å². The number of aliphatic hydroxyl groups is 1. The summed E-state index contributed by atoms with van der Waals surface area (Å²) in [6.45, 7) is 7.45. The topological polar surface area (TPSA) is 36.4 Å². The minimum atomic E-state index is -0.324. The first kappa shape index (κ1) is 11.9. The molecule has 0 saturated carbocycles. The number of anilines is 1. The summed E-state index contributed by atoms with van der Waals surface area (Å²) in [5, 5.41) is 11.1. The van der Waals surface area contributed by atoms with Crippen molar-refractivity contribution < 1.29 is 5.11 Å². The summed E-state index contributed by atoms with van der Waals surface area (Å²) in [6, 6.07) is 0. The zero-order chi connectivity index (χ0) is 11.9. The standard InChI is InChI=1S/C12H20N2OS/c1-5-14(4)11-13-8-6-12(2,3)7-9(15)10(8)16-11/h9,15H,5-7H2,1-4H3. The molecule has 3 nitrogen and oxygen atoms in total. The second-order valence-electron chi connectivity index (χ2n) is 5.38. The quantitative estimate of drug-likeness (QED) is 0.863. The molecule has 16 heavy (non-hydrogen) atoms. The average molecular weight is 240 g/mol. The van der Waals surface area contributed by atoms with Crippen LogP contribution in [0.15, 0.2) is 0 Å². The fourth-order valence-corrected chi connectivity index (χ4v) is 3.27.